The van der Waals surface area contributed by atoms with Crippen LogP contribution in [0.3, 0.4) is 0 Å². The van der Waals surface area contributed by atoms with Crippen LogP contribution in [0.2, 0.25) is 0 Å². The lowest BCUT2D eigenvalue weighted by Crippen LogP contribution is -2.49. The molecule has 1 saturated heterocycles. The SMILES string of the molecule is CCOC(=O)C1CCCN1S(=O)(=O)NC[C@H](O)C(=O)O. The molecule has 1 rings (SSSR count). The summed E-state index contributed by atoms with van der Waals surface area (Å²) in [5, 5.41) is 17.5. The number of rotatable bonds is 7. The largest absolute Gasteiger partial charge is 0.479 e. The van der Waals surface area contributed by atoms with E-state index in [2.05, 4.69) is 0 Å². The van der Waals surface area contributed by atoms with Crippen molar-refractivity contribution in [3.8, 4) is 0 Å². The van der Waals surface area contributed by atoms with Gasteiger partial charge in [0.2, 0.25) is 0 Å². The summed E-state index contributed by atoms with van der Waals surface area (Å²) < 4.78 is 31.7. The lowest BCUT2D eigenvalue weighted by Gasteiger charge is -2.23. The number of aliphatic hydroxyl groups is 1. The first kappa shape index (κ1) is 16.8. The number of esters is 1. The number of ether oxygens (including phenoxy) is 1. The number of hydrogen-bond donors (Lipinski definition) is 3. The standard InChI is InChI=1S/C10H18N2O7S/c1-2-19-10(16)7-4-3-5-12(7)20(17,18)11-6-8(13)9(14)15/h7-8,11,13H,2-6H2,1H3,(H,14,15)/t7?,8-/m0/s1. The maximum Gasteiger partial charge on any atom is 0.333 e. The molecule has 1 aliphatic heterocycles. The number of nitrogens with one attached hydrogen (secondary N) is 1. The fourth-order valence-corrected chi connectivity index (χ4v) is 3.29. The van der Waals surface area contributed by atoms with Crippen LogP contribution in [0.5, 0.6) is 0 Å². The molecule has 0 aliphatic carbocycles. The van der Waals surface area contributed by atoms with E-state index >= 15 is 0 Å². The molecular weight excluding hydrogens is 292 g/mol. The van der Waals surface area contributed by atoms with Gasteiger partial charge in [0.05, 0.1) is 6.61 Å². The van der Waals surface area contributed by atoms with Crippen molar-refractivity contribution < 1.29 is 33.0 Å². The third-order valence-electron chi connectivity index (χ3n) is 2.82. The second-order valence-electron chi connectivity index (χ2n) is 4.23. The molecule has 1 unspecified atom stereocenters. The topological polar surface area (TPSA) is 133 Å². The third-order valence-corrected chi connectivity index (χ3v) is 4.40. The Bertz CT molecular complexity index is 464. The van der Waals surface area contributed by atoms with Crippen molar-refractivity contribution in [2.45, 2.75) is 31.9 Å². The van der Waals surface area contributed by atoms with Crippen molar-refractivity contribution in [1.29, 1.82) is 0 Å². The Morgan fingerprint density at radius 2 is 2.15 bits per heavy atom. The van der Waals surface area contributed by atoms with Gasteiger partial charge in [0.25, 0.3) is 10.2 Å². The van der Waals surface area contributed by atoms with Crippen LogP contribution < -0.4 is 4.72 Å². The van der Waals surface area contributed by atoms with Crippen LogP contribution in [-0.4, -0.2) is 66.7 Å². The van der Waals surface area contributed by atoms with Crippen molar-refractivity contribution in [2.24, 2.45) is 0 Å². The summed E-state index contributed by atoms with van der Waals surface area (Å²) in [7, 11) is -4.04. The van der Waals surface area contributed by atoms with Gasteiger partial charge in [-0.3, -0.25) is 4.79 Å². The maximum absolute atomic E-state index is 12.0. The molecule has 10 heteroatoms. The molecule has 0 saturated carbocycles. The van der Waals surface area contributed by atoms with E-state index in [1.807, 2.05) is 4.72 Å². The Kier molecular flexibility index (Phi) is 5.87. The zero-order valence-electron chi connectivity index (χ0n) is 11.0. The minimum atomic E-state index is -4.04. The number of carboxylic acid groups (broad SMARTS) is 1. The average molecular weight is 310 g/mol. The van der Waals surface area contributed by atoms with Gasteiger partial charge >= 0.3 is 11.9 Å². The van der Waals surface area contributed by atoms with Crippen LogP contribution in [0.25, 0.3) is 0 Å². The van der Waals surface area contributed by atoms with E-state index in [4.69, 9.17) is 14.9 Å². The van der Waals surface area contributed by atoms with E-state index in [0.29, 0.717) is 12.8 Å². The molecule has 0 aromatic carbocycles. The van der Waals surface area contributed by atoms with Gasteiger partial charge in [-0.05, 0) is 19.8 Å². The van der Waals surface area contributed by atoms with E-state index in [1.165, 1.54) is 0 Å². The highest BCUT2D eigenvalue weighted by molar-refractivity contribution is 7.87. The third kappa shape index (κ3) is 4.13. The molecule has 1 heterocycles. The molecule has 20 heavy (non-hydrogen) atoms. The zero-order valence-corrected chi connectivity index (χ0v) is 11.8. The highest BCUT2D eigenvalue weighted by Crippen LogP contribution is 2.21. The fourth-order valence-electron chi connectivity index (χ4n) is 1.86. The molecule has 2 atom stereocenters. The Morgan fingerprint density at radius 3 is 2.70 bits per heavy atom. The molecule has 0 radical (unpaired) electrons. The van der Waals surface area contributed by atoms with E-state index in [-0.39, 0.29) is 13.2 Å². The van der Waals surface area contributed by atoms with Gasteiger partial charge in [-0.15, -0.1) is 0 Å². The molecule has 116 valence electrons. The number of hydrogen-bond acceptors (Lipinski definition) is 6. The van der Waals surface area contributed by atoms with E-state index in [9.17, 15) is 18.0 Å². The number of carbonyl (C=O) groups excluding carboxylic acids is 1. The average Bonchev–Trinajstić information content (AvgIpc) is 2.86. The van der Waals surface area contributed by atoms with Crippen molar-refractivity contribution in [1.82, 2.24) is 9.03 Å². The molecule has 0 amide bonds. The number of carboxylic acids is 1. The molecule has 0 aromatic heterocycles. The molecule has 1 aliphatic rings. The zero-order chi connectivity index (χ0) is 15.3. The smallest absolute Gasteiger partial charge is 0.333 e. The summed E-state index contributed by atoms with van der Waals surface area (Å²) in [6.07, 6.45) is -0.985. The maximum atomic E-state index is 12.0. The fraction of sp³-hybridized carbons (Fsp3) is 0.800. The summed E-state index contributed by atoms with van der Waals surface area (Å²) in [6, 6.07) is -0.908. The van der Waals surface area contributed by atoms with Crippen molar-refractivity contribution in [3.05, 3.63) is 0 Å². The predicted octanol–water partition coefficient (Wildman–Crippen LogP) is -1.71. The second-order valence-corrected chi connectivity index (χ2v) is 5.94. The van der Waals surface area contributed by atoms with Crippen LogP contribution in [0.15, 0.2) is 0 Å². The lowest BCUT2D eigenvalue weighted by molar-refractivity contribution is -0.147. The van der Waals surface area contributed by atoms with Gasteiger partial charge < -0.3 is 14.9 Å². The van der Waals surface area contributed by atoms with Gasteiger partial charge in [-0.25, -0.2) is 4.79 Å². The summed E-state index contributed by atoms with van der Waals surface area (Å²) in [5.74, 6) is -2.16. The highest BCUT2D eigenvalue weighted by atomic mass is 32.2. The molecule has 0 bridgehead atoms. The minimum Gasteiger partial charge on any atom is -0.479 e. The summed E-state index contributed by atoms with van der Waals surface area (Å²) in [6.45, 7) is 1.24. The first-order valence-corrected chi connectivity index (χ1v) is 7.57. The second kappa shape index (κ2) is 6.97. The monoisotopic (exact) mass is 310 g/mol. The van der Waals surface area contributed by atoms with E-state index < -0.39 is 40.8 Å². The number of aliphatic hydroxyl groups excluding tert-OH is 1. The Balaban J connectivity index is 2.70. The van der Waals surface area contributed by atoms with Crippen molar-refractivity contribution in [2.75, 3.05) is 19.7 Å². The van der Waals surface area contributed by atoms with Crippen LogP contribution in [-0.2, 0) is 24.5 Å². The summed E-state index contributed by atoms with van der Waals surface area (Å²) in [4.78, 5) is 22.1. The number of carbonyl (C=O) groups is 2. The molecule has 9 nitrogen and oxygen atoms in total. The Morgan fingerprint density at radius 1 is 1.50 bits per heavy atom. The highest BCUT2D eigenvalue weighted by Gasteiger charge is 2.39. The molecular formula is C10H18N2O7S. The van der Waals surface area contributed by atoms with Gasteiger partial charge in [0, 0.05) is 13.1 Å². The first-order chi connectivity index (χ1) is 9.29. The van der Waals surface area contributed by atoms with Crippen LogP contribution >= 0.6 is 0 Å². The van der Waals surface area contributed by atoms with Crippen LogP contribution in [0.1, 0.15) is 19.8 Å². The number of aliphatic carboxylic acids is 1. The van der Waals surface area contributed by atoms with Crippen molar-refractivity contribution >= 4 is 22.1 Å². The van der Waals surface area contributed by atoms with Crippen LogP contribution in [0, 0.1) is 0 Å². The normalized spacial score (nSPS) is 21.6. The van der Waals surface area contributed by atoms with Gasteiger partial charge in [-0.1, -0.05) is 0 Å². The molecule has 1 fully saturated rings. The van der Waals surface area contributed by atoms with Crippen LogP contribution in [0.4, 0.5) is 0 Å². The van der Waals surface area contributed by atoms with E-state index in [1.54, 1.807) is 6.92 Å². The van der Waals surface area contributed by atoms with Crippen molar-refractivity contribution in [3.63, 3.8) is 0 Å². The van der Waals surface area contributed by atoms with Gasteiger partial charge in [-0.2, -0.15) is 17.4 Å². The quantitative estimate of drug-likeness (QED) is 0.477. The molecule has 0 aromatic rings. The summed E-state index contributed by atoms with van der Waals surface area (Å²) >= 11 is 0. The van der Waals surface area contributed by atoms with Gasteiger partial charge in [0.15, 0.2) is 6.10 Å². The Labute approximate surface area is 116 Å². The molecule has 0 spiro atoms. The minimum absolute atomic E-state index is 0.141. The van der Waals surface area contributed by atoms with E-state index in [0.717, 1.165) is 4.31 Å². The molecule has 3 N–H and O–H groups in total. The first-order valence-electron chi connectivity index (χ1n) is 6.13. The lowest BCUT2D eigenvalue weighted by atomic mass is 10.2. The summed E-state index contributed by atoms with van der Waals surface area (Å²) in [5.41, 5.74) is 0. The predicted molar refractivity (Wildman–Crippen MR) is 66.9 cm³/mol. The van der Waals surface area contributed by atoms with Gasteiger partial charge in [0.1, 0.15) is 6.04 Å². The number of nitrogens with zero attached hydrogens (tertiary/aromatic N) is 1. The Hall–Kier alpha value is -1.23.